The van der Waals surface area contributed by atoms with Crippen LogP contribution in [0, 0.1) is 11.8 Å². The second-order valence-electron chi connectivity index (χ2n) is 6.62. The Balaban J connectivity index is 1.66. The molecule has 0 aromatic carbocycles. The molecular weight excluding hydrogens is 322 g/mol. The fourth-order valence-corrected chi connectivity index (χ4v) is 3.22. The molecule has 0 aliphatic heterocycles. The minimum absolute atomic E-state index is 0.387. The van der Waals surface area contributed by atoms with Gasteiger partial charge in [-0.25, -0.2) is 0 Å². The molecule has 0 saturated heterocycles. The number of ether oxygens (including phenoxy) is 1. The van der Waals surface area contributed by atoms with E-state index in [1.807, 2.05) is 6.92 Å². The minimum atomic E-state index is -0.504. The summed E-state index contributed by atoms with van der Waals surface area (Å²) in [7, 11) is 0. The van der Waals surface area contributed by atoms with E-state index in [0.717, 1.165) is 38.0 Å². The van der Waals surface area contributed by atoms with E-state index < -0.39 is 6.10 Å². The summed E-state index contributed by atoms with van der Waals surface area (Å²) in [5.74, 6) is 1.98. The van der Waals surface area contributed by atoms with Gasteiger partial charge >= 0.3 is 0 Å². The molecule has 1 fully saturated rings. The SMILES string of the molecule is CCNC(=NCC(C)Cc1cccs1)NCC(O)COCC1CC1. The van der Waals surface area contributed by atoms with E-state index in [1.54, 1.807) is 11.3 Å². The van der Waals surface area contributed by atoms with Gasteiger partial charge in [-0.15, -0.1) is 11.3 Å². The Labute approximate surface area is 149 Å². The molecule has 0 spiro atoms. The normalized spacial score (nSPS) is 17.5. The Bertz CT molecular complexity index is 475. The highest BCUT2D eigenvalue weighted by Gasteiger charge is 2.21. The number of nitrogens with zero attached hydrogens (tertiary/aromatic N) is 1. The van der Waals surface area contributed by atoms with Crippen LogP contribution >= 0.6 is 11.3 Å². The maximum absolute atomic E-state index is 9.98. The van der Waals surface area contributed by atoms with Gasteiger partial charge in [-0.1, -0.05) is 13.0 Å². The van der Waals surface area contributed by atoms with Gasteiger partial charge in [0.25, 0.3) is 0 Å². The molecule has 1 aliphatic carbocycles. The van der Waals surface area contributed by atoms with Crippen LogP contribution in [0.2, 0.25) is 0 Å². The van der Waals surface area contributed by atoms with E-state index in [9.17, 15) is 5.11 Å². The third-order valence-electron chi connectivity index (χ3n) is 3.90. The highest BCUT2D eigenvalue weighted by molar-refractivity contribution is 7.09. The van der Waals surface area contributed by atoms with Gasteiger partial charge in [0.15, 0.2) is 5.96 Å². The summed E-state index contributed by atoms with van der Waals surface area (Å²) in [5.41, 5.74) is 0. The third kappa shape index (κ3) is 8.13. The van der Waals surface area contributed by atoms with E-state index in [4.69, 9.17) is 4.74 Å². The van der Waals surface area contributed by atoms with Gasteiger partial charge in [0.1, 0.15) is 0 Å². The lowest BCUT2D eigenvalue weighted by molar-refractivity contribution is 0.0345. The summed E-state index contributed by atoms with van der Waals surface area (Å²) in [6, 6.07) is 4.26. The lowest BCUT2D eigenvalue weighted by Crippen LogP contribution is -2.42. The number of hydrogen-bond acceptors (Lipinski definition) is 4. The molecule has 3 N–H and O–H groups in total. The van der Waals surface area contributed by atoms with Crippen LogP contribution in [0.3, 0.4) is 0 Å². The smallest absolute Gasteiger partial charge is 0.191 e. The molecule has 6 heteroatoms. The molecule has 1 aromatic rings. The van der Waals surface area contributed by atoms with Gasteiger partial charge in [-0.3, -0.25) is 4.99 Å². The summed E-state index contributed by atoms with van der Waals surface area (Å²) in [5, 5.41) is 18.5. The molecule has 2 rings (SSSR count). The van der Waals surface area contributed by atoms with Crippen LogP contribution in [0.4, 0.5) is 0 Å². The zero-order valence-electron chi connectivity index (χ0n) is 14.8. The topological polar surface area (TPSA) is 65.9 Å². The highest BCUT2D eigenvalue weighted by Crippen LogP contribution is 2.28. The van der Waals surface area contributed by atoms with Gasteiger partial charge in [-0.05, 0) is 49.5 Å². The van der Waals surface area contributed by atoms with Crippen molar-refractivity contribution in [1.29, 1.82) is 0 Å². The predicted octanol–water partition coefficient (Wildman–Crippen LogP) is 2.27. The molecule has 1 heterocycles. The standard InChI is InChI=1S/C18H31N3O2S/c1-3-19-18(20-10-14(2)9-17-5-4-8-24-17)21-11-16(22)13-23-12-15-6-7-15/h4-5,8,14-16,22H,3,6-7,9-13H2,1-2H3,(H2,19,20,21). The van der Waals surface area contributed by atoms with Crippen molar-refractivity contribution in [2.75, 3.05) is 32.8 Å². The maximum atomic E-state index is 9.98. The average molecular weight is 354 g/mol. The third-order valence-corrected chi connectivity index (χ3v) is 4.80. The maximum Gasteiger partial charge on any atom is 0.191 e. The Morgan fingerprint density at radius 2 is 2.29 bits per heavy atom. The van der Waals surface area contributed by atoms with E-state index >= 15 is 0 Å². The zero-order chi connectivity index (χ0) is 17.2. The second-order valence-corrected chi connectivity index (χ2v) is 7.66. The average Bonchev–Trinajstić information content (AvgIpc) is 3.24. The number of hydrogen-bond donors (Lipinski definition) is 3. The Kier molecular flexibility index (Phi) is 8.56. The molecule has 0 bridgehead atoms. The summed E-state index contributed by atoms with van der Waals surface area (Å²) in [4.78, 5) is 6.03. The van der Waals surface area contributed by atoms with E-state index in [0.29, 0.717) is 19.1 Å². The van der Waals surface area contributed by atoms with Gasteiger partial charge in [0.05, 0.1) is 12.7 Å². The van der Waals surface area contributed by atoms with Crippen LogP contribution in [-0.2, 0) is 11.2 Å². The summed E-state index contributed by atoms with van der Waals surface area (Å²) >= 11 is 1.80. The van der Waals surface area contributed by atoms with Crippen LogP contribution in [0.1, 0.15) is 31.6 Å². The number of nitrogens with one attached hydrogen (secondary N) is 2. The Morgan fingerprint density at radius 1 is 1.46 bits per heavy atom. The quantitative estimate of drug-likeness (QED) is 0.422. The monoisotopic (exact) mass is 353 g/mol. The summed E-state index contributed by atoms with van der Waals surface area (Å²) in [6.07, 6.45) is 3.10. The van der Waals surface area contributed by atoms with Crippen molar-refractivity contribution in [2.45, 2.75) is 39.2 Å². The van der Waals surface area contributed by atoms with Crippen LogP contribution in [0.5, 0.6) is 0 Å². The first-order valence-corrected chi connectivity index (χ1v) is 9.85. The number of aliphatic imine (C=N–C) groups is 1. The highest BCUT2D eigenvalue weighted by atomic mass is 32.1. The van der Waals surface area contributed by atoms with Crippen LogP contribution in [0.15, 0.2) is 22.5 Å². The molecule has 1 saturated carbocycles. The first kappa shape index (κ1) is 19.2. The number of aliphatic hydroxyl groups excluding tert-OH is 1. The molecule has 24 heavy (non-hydrogen) atoms. The van der Waals surface area contributed by atoms with Gasteiger partial charge < -0.3 is 20.5 Å². The fourth-order valence-electron chi connectivity index (χ4n) is 2.35. The zero-order valence-corrected chi connectivity index (χ0v) is 15.6. The molecule has 0 amide bonds. The minimum Gasteiger partial charge on any atom is -0.389 e. The molecule has 136 valence electrons. The number of rotatable bonds is 11. The second kappa shape index (κ2) is 10.7. The Hall–Kier alpha value is -1.11. The van der Waals surface area contributed by atoms with Crippen LogP contribution < -0.4 is 10.6 Å². The summed E-state index contributed by atoms with van der Waals surface area (Å²) in [6.45, 7) is 7.45. The number of aliphatic hydroxyl groups is 1. The van der Waals surface area contributed by atoms with Crippen molar-refractivity contribution >= 4 is 17.3 Å². The molecule has 0 radical (unpaired) electrons. The van der Waals surface area contributed by atoms with Crippen molar-refractivity contribution in [3.05, 3.63) is 22.4 Å². The van der Waals surface area contributed by atoms with Gasteiger partial charge in [0, 0.05) is 31.1 Å². The predicted molar refractivity (Wildman–Crippen MR) is 101 cm³/mol. The first-order valence-electron chi connectivity index (χ1n) is 8.97. The lowest BCUT2D eigenvalue weighted by atomic mass is 10.1. The summed E-state index contributed by atoms with van der Waals surface area (Å²) < 4.78 is 5.52. The fraction of sp³-hybridized carbons (Fsp3) is 0.722. The lowest BCUT2D eigenvalue weighted by Gasteiger charge is -2.16. The number of guanidine groups is 1. The molecular formula is C18H31N3O2S. The molecule has 1 aliphatic rings. The van der Waals surface area contributed by atoms with Crippen molar-refractivity contribution < 1.29 is 9.84 Å². The molecule has 2 unspecified atom stereocenters. The van der Waals surface area contributed by atoms with E-state index in [2.05, 4.69) is 40.1 Å². The van der Waals surface area contributed by atoms with Crippen molar-refractivity contribution in [1.82, 2.24) is 10.6 Å². The van der Waals surface area contributed by atoms with Gasteiger partial charge in [0.2, 0.25) is 0 Å². The van der Waals surface area contributed by atoms with E-state index in [-0.39, 0.29) is 0 Å². The van der Waals surface area contributed by atoms with Crippen LogP contribution in [-0.4, -0.2) is 50.0 Å². The van der Waals surface area contributed by atoms with Crippen molar-refractivity contribution in [3.63, 3.8) is 0 Å². The molecule has 2 atom stereocenters. The molecule has 1 aromatic heterocycles. The first-order chi connectivity index (χ1) is 11.7. The van der Waals surface area contributed by atoms with Crippen molar-refractivity contribution in [2.24, 2.45) is 16.8 Å². The van der Waals surface area contributed by atoms with Gasteiger partial charge in [-0.2, -0.15) is 0 Å². The Morgan fingerprint density at radius 3 is 2.96 bits per heavy atom. The van der Waals surface area contributed by atoms with E-state index in [1.165, 1.54) is 17.7 Å². The number of thiophene rings is 1. The van der Waals surface area contributed by atoms with Crippen molar-refractivity contribution in [3.8, 4) is 0 Å². The molecule has 5 nitrogen and oxygen atoms in total. The van der Waals surface area contributed by atoms with Crippen LogP contribution in [0.25, 0.3) is 0 Å². The largest absolute Gasteiger partial charge is 0.389 e.